The molecule has 156 valence electrons. The first kappa shape index (κ1) is 20.3. The zero-order valence-electron chi connectivity index (χ0n) is 17.1. The number of esters is 1. The lowest BCUT2D eigenvalue weighted by Crippen LogP contribution is -2.14. The minimum atomic E-state index is -0.183. The third kappa shape index (κ3) is 4.43. The van der Waals surface area contributed by atoms with Crippen molar-refractivity contribution < 1.29 is 19.0 Å². The van der Waals surface area contributed by atoms with E-state index in [1.54, 1.807) is 25.1 Å². The summed E-state index contributed by atoms with van der Waals surface area (Å²) in [5.74, 6) is 1.82. The fraction of sp³-hybridized carbons (Fsp3) is 0.318. The van der Waals surface area contributed by atoms with Crippen molar-refractivity contribution in [2.75, 3.05) is 20.3 Å². The molecule has 3 aromatic rings. The number of thioether (sulfide) groups is 1. The molecule has 2 aromatic heterocycles. The number of hydrogen-bond acceptors (Lipinski definition) is 7. The maximum atomic E-state index is 11.7. The summed E-state index contributed by atoms with van der Waals surface area (Å²) in [6.45, 7) is 4.74. The van der Waals surface area contributed by atoms with Gasteiger partial charge in [0, 0.05) is 22.4 Å². The lowest BCUT2D eigenvalue weighted by molar-refractivity contribution is -0.143. The molecule has 1 aliphatic heterocycles. The largest absolute Gasteiger partial charge is 0.494 e. The van der Waals surface area contributed by atoms with Crippen LogP contribution in [0.1, 0.15) is 24.7 Å². The second-order valence-corrected chi connectivity index (χ2v) is 8.19. The van der Waals surface area contributed by atoms with Crippen LogP contribution in [0.15, 0.2) is 41.5 Å². The summed E-state index contributed by atoms with van der Waals surface area (Å²) in [4.78, 5) is 24.0. The van der Waals surface area contributed by atoms with Gasteiger partial charge in [0.2, 0.25) is 0 Å². The first-order chi connectivity index (χ1) is 14.6. The van der Waals surface area contributed by atoms with Crippen LogP contribution in [0, 0.1) is 6.92 Å². The van der Waals surface area contributed by atoms with Crippen molar-refractivity contribution in [3.8, 4) is 17.2 Å². The number of methoxy groups -OCH3 is 1. The van der Waals surface area contributed by atoms with Crippen LogP contribution in [0.4, 0.5) is 0 Å². The average molecular weight is 426 g/mol. The number of nitrogens with one attached hydrogen (secondary N) is 1. The summed E-state index contributed by atoms with van der Waals surface area (Å²) in [5, 5.41) is 1.93. The Morgan fingerprint density at radius 3 is 2.87 bits per heavy atom. The van der Waals surface area contributed by atoms with E-state index in [1.807, 2.05) is 44.2 Å². The van der Waals surface area contributed by atoms with Crippen LogP contribution >= 0.6 is 11.8 Å². The molecule has 0 spiro atoms. The molecule has 0 aliphatic carbocycles. The summed E-state index contributed by atoms with van der Waals surface area (Å²) in [6, 6.07) is 9.61. The molecule has 30 heavy (non-hydrogen) atoms. The first-order valence-corrected chi connectivity index (χ1v) is 10.6. The van der Waals surface area contributed by atoms with E-state index in [2.05, 4.69) is 15.0 Å². The molecule has 0 saturated heterocycles. The SMILES string of the molecule is CCOC(=O)CC1CN=C(c2cc3cc(Oc4ccc(C)nc4)cc(OC)c3[nH]2)S1. The highest BCUT2D eigenvalue weighted by Crippen LogP contribution is 2.36. The Bertz CT molecular complexity index is 1090. The zero-order valence-corrected chi connectivity index (χ0v) is 17.9. The fourth-order valence-electron chi connectivity index (χ4n) is 3.25. The van der Waals surface area contributed by atoms with Gasteiger partial charge in [0.25, 0.3) is 0 Å². The summed E-state index contributed by atoms with van der Waals surface area (Å²) >= 11 is 1.59. The predicted octanol–water partition coefficient (Wildman–Crippen LogP) is 4.49. The molecular weight excluding hydrogens is 402 g/mol. The second-order valence-electron chi connectivity index (χ2n) is 6.90. The molecule has 1 atom stereocenters. The number of aromatic nitrogens is 2. The van der Waals surface area contributed by atoms with Crippen LogP contribution in [0.2, 0.25) is 0 Å². The van der Waals surface area contributed by atoms with Crippen molar-refractivity contribution in [3.05, 3.63) is 47.9 Å². The quantitative estimate of drug-likeness (QED) is 0.562. The minimum Gasteiger partial charge on any atom is -0.494 e. The zero-order chi connectivity index (χ0) is 21.1. The van der Waals surface area contributed by atoms with E-state index < -0.39 is 0 Å². The smallest absolute Gasteiger partial charge is 0.306 e. The Labute approximate surface area is 178 Å². The standard InChI is InChI=1S/C22H23N3O4S/c1-4-28-20(26)10-17-12-24-22(30-17)18-8-14-7-16(9-19(27-3)21(14)25-18)29-15-6-5-13(2)23-11-15/h5-9,11,17,25H,4,10,12H2,1-3H3. The molecule has 1 aromatic carbocycles. The lowest BCUT2D eigenvalue weighted by Gasteiger charge is -2.08. The third-order valence-electron chi connectivity index (χ3n) is 4.65. The number of ether oxygens (including phenoxy) is 3. The van der Waals surface area contributed by atoms with Crippen LogP contribution in [-0.2, 0) is 9.53 Å². The van der Waals surface area contributed by atoms with E-state index in [1.165, 1.54) is 0 Å². The number of carbonyl (C=O) groups is 1. The van der Waals surface area contributed by atoms with Gasteiger partial charge in [-0.3, -0.25) is 14.8 Å². The minimum absolute atomic E-state index is 0.0975. The van der Waals surface area contributed by atoms with Crippen LogP contribution in [0.5, 0.6) is 17.2 Å². The number of pyridine rings is 1. The summed E-state index contributed by atoms with van der Waals surface area (Å²) in [6.07, 6.45) is 2.06. The number of H-pyrrole nitrogens is 1. The summed E-state index contributed by atoms with van der Waals surface area (Å²) in [5.41, 5.74) is 2.70. The van der Waals surface area contributed by atoms with Crippen molar-refractivity contribution in [3.63, 3.8) is 0 Å². The topological polar surface area (TPSA) is 85.8 Å². The molecule has 8 heteroatoms. The molecule has 0 saturated carbocycles. The molecule has 0 amide bonds. The lowest BCUT2D eigenvalue weighted by atomic mass is 10.2. The Morgan fingerprint density at radius 2 is 2.13 bits per heavy atom. The monoisotopic (exact) mass is 425 g/mol. The van der Waals surface area contributed by atoms with Gasteiger partial charge < -0.3 is 19.2 Å². The number of carbonyl (C=O) groups excluding carboxylic acids is 1. The van der Waals surface area contributed by atoms with Crippen molar-refractivity contribution in [2.24, 2.45) is 4.99 Å². The number of aliphatic imine (C=N–C) groups is 1. The molecule has 1 aliphatic rings. The number of fused-ring (bicyclic) bond motifs is 1. The van der Waals surface area contributed by atoms with Crippen LogP contribution in [0.25, 0.3) is 10.9 Å². The van der Waals surface area contributed by atoms with E-state index in [9.17, 15) is 4.79 Å². The van der Waals surface area contributed by atoms with E-state index >= 15 is 0 Å². The number of aryl methyl sites for hydroxylation is 1. The van der Waals surface area contributed by atoms with Crippen molar-refractivity contribution in [1.82, 2.24) is 9.97 Å². The number of nitrogens with zero attached hydrogens (tertiary/aromatic N) is 2. The molecule has 4 rings (SSSR count). The van der Waals surface area contributed by atoms with Crippen molar-refractivity contribution in [2.45, 2.75) is 25.5 Å². The van der Waals surface area contributed by atoms with Gasteiger partial charge in [0.1, 0.15) is 22.3 Å². The van der Waals surface area contributed by atoms with Crippen LogP contribution in [-0.4, -0.2) is 46.5 Å². The predicted molar refractivity (Wildman–Crippen MR) is 118 cm³/mol. The number of rotatable bonds is 7. The van der Waals surface area contributed by atoms with E-state index in [4.69, 9.17) is 14.2 Å². The third-order valence-corrected chi connectivity index (χ3v) is 5.87. The number of benzene rings is 1. The van der Waals surface area contributed by atoms with Gasteiger partial charge in [-0.25, -0.2) is 0 Å². The average Bonchev–Trinajstić information content (AvgIpc) is 3.36. The maximum Gasteiger partial charge on any atom is 0.306 e. The highest BCUT2D eigenvalue weighted by Gasteiger charge is 2.25. The number of aromatic amines is 1. The Hall–Kier alpha value is -3.00. The first-order valence-electron chi connectivity index (χ1n) is 9.74. The molecule has 3 heterocycles. The molecule has 7 nitrogen and oxygen atoms in total. The van der Waals surface area contributed by atoms with Gasteiger partial charge in [-0.1, -0.05) is 11.8 Å². The molecule has 1 unspecified atom stereocenters. The van der Waals surface area contributed by atoms with Crippen molar-refractivity contribution >= 4 is 33.7 Å². The van der Waals surface area contributed by atoms with E-state index in [-0.39, 0.29) is 11.2 Å². The van der Waals surface area contributed by atoms with Gasteiger partial charge >= 0.3 is 5.97 Å². The maximum absolute atomic E-state index is 11.7. The van der Waals surface area contributed by atoms with Crippen LogP contribution < -0.4 is 9.47 Å². The fourth-order valence-corrected chi connectivity index (χ4v) is 4.32. The van der Waals surface area contributed by atoms with Gasteiger partial charge in [-0.2, -0.15) is 0 Å². The summed E-state index contributed by atoms with van der Waals surface area (Å²) in [7, 11) is 1.63. The summed E-state index contributed by atoms with van der Waals surface area (Å²) < 4.78 is 16.6. The van der Waals surface area contributed by atoms with Gasteiger partial charge in [-0.05, 0) is 38.1 Å². The van der Waals surface area contributed by atoms with E-state index in [0.717, 1.165) is 27.3 Å². The Kier molecular flexibility index (Phi) is 5.94. The molecular formula is C22H23N3O4S. The second kappa shape index (κ2) is 8.79. The van der Waals surface area contributed by atoms with E-state index in [0.29, 0.717) is 36.8 Å². The molecule has 1 N–H and O–H groups in total. The normalized spacial score (nSPS) is 15.8. The molecule has 0 radical (unpaired) electrons. The molecule has 0 bridgehead atoms. The highest BCUT2D eigenvalue weighted by atomic mass is 32.2. The number of hydrogen-bond donors (Lipinski definition) is 1. The van der Waals surface area contributed by atoms with Gasteiger partial charge in [-0.15, -0.1) is 0 Å². The van der Waals surface area contributed by atoms with Crippen LogP contribution in [0.3, 0.4) is 0 Å². The van der Waals surface area contributed by atoms with Gasteiger partial charge in [0.15, 0.2) is 0 Å². The Morgan fingerprint density at radius 1 is 1.27 bits per heavy atom. The highest BCUT2D eigenvalue weighted by molar-refractivity contribution is 8.15. The Balaban J connectivity index is 1.55. The van der Waals surface area contributed by atoms with Crippen molar-refractivity contribution in [1.29, 1.82) is 0 Å². The molecule has 0 fully saturated rings. The van der Waals surface area contributed by atoms with Gasteiger partial charge in [0.05, 0.1) is 44.1 Å².